The van der Waals surface area contributed by atoms with Crippen LogP contribution >= 0.6 is 0 Å². The molecule has 7 heteroatoms. The number of carbonyl (C=O) groups is 1. The van der Waals surface area contributed by atoms with Crippen LogP contribution in [-0.4, -0.2) is 45.2 Å². The summed E-state index contributed by atoms with van der Waals surface area (Å²) in [5, 5.41) is 12.6. The van der Waals surface area contributed by atoms with Crippen LogP contribution in [0.15, 0.2) is 54.6 Å². The molecule has 0 radical (unpaired) electrons. The van der Waals surface area contributed by atoms with Crippen molar-refractivity contribution in [1.29, 1.82) is 0 Å². The zero-order chi connectivity index (χ0) is 20.3. The van der Waals surface area contributed by atoms with E-state index in [1.807, 2.05) is 66.5 Å². The van der Waals surface area contributed by atoms with Gasteiger partial charge < -0.3 is 9.64 Å². The van der Waals surface area contributed by atoms with Crippen molar-refractivity contribution >= 4 is 5.91 Å². The van der Waals surface area contributed by atoms with Crippen LogP contribution in [0.5, 0.6) is 5.75 Å². The van der Waals surface area contributed by atoms with Crippen LogP contribution in [-0.2, 0) is 5.54 Å². The van der Waals surface area contributed by atoms with Gasteiger partial charge in [0.25, 0.3) is 5.91 Å². The number of nitrogens with zero attached hydrogens (tertiary/aromatic N) is 5. The maximum absolute atomic E-state index is 13.3. The molecule has 0 spiro atoms. The van der Waals surface area contributed by atoms with Gasteiger partial charge in [-0.05, 0) is 59.7 Å². The minimum Gasteiger partial charge on any atom is -0.497 e. The lowest BCUT2D eigenvalue weighted by molar-refractivity contribution is 0.0386. The van der Waals surface area contributed by atoms with Crippen molar-refractivity contribution in [2.45, 2.75) is 37.6 Å². The molecule has 1 aliphatic carbocycles. The Morgan fingerprint density at radius 3 is 2.38 bits per heavy atom. The summed E-state index contributed by atoms with van der Waals surface area (Å²) >= 11 is 0. The summed E-state index contributed by atoms with van der Waals surface area (Å²) in [5.74, 6) is 1.46. The number of ether oxygens (including phenoxy) is 1. The molecule has 0 aliphatic heterocycles. The number of hydrogen-bond acceptors (Lipinski definition) is 5. The zero-order valence-electron chi connectivity index (χ0n) is 16.8. The van der Waals surface area contributed by atoms with Gasteiger partial charge in [0.15, 0.2) is 5.82 Å². The van der Waals surface area contributed by atoms with Gasteiger partial charge in [-0.3, -0.25) is 4.79 Å². The third kappa shape index (κ3) is 3.48. The van der Waals surface area contributed by atoms with E-state index in [0.29, 0.717) is 11.4 Å². The fraction of sp³-hybridized carbons (Fsp3) is 0.364. The van der Waals surface area contributed by atoms with Crippen LogP contribution in [0.4, 0.5) is 0 Å². The lowest BCUT2D eigenvalue weighted by Gasteiger charge is -2.43. The van der Waals surface area contributed by atoms with Gasteiger partial charge in [0, 0.05) is 12.6 Å². The van der Waals surface area contributed by atoms with Crippen LogP contribution < -0.4 is 4.74 Å². The Kier molecular flexibility index (Phi) is 5.29. The van der Waals surface area contributed by atoms with Gasteiger partial charge in [-0.2, -0.15) is 4.68 Å². The minimum atomic E-state index is -0.547. The Morgan fingerprint density at radius 1 is 1.03 bits per heavy atom. The fourth-order valence-corrected chi connectivity index (χ4v) is 4.19. The quantitative estimate of drug-likeness (QED) is 0.664. The van der Waals surface area contributed by atoms with Crippen molar-refractivity contribution < 1.29 is 9.53 Å². The van der Waals surface area contributed by atoms with Crippen molar-refractivity contribution in [3.8, 4) is 11.4 Å². The maximum atomic E-state index is 13.3. The first-order chi connectivity index (χ1) is 14.2. The van der Waals surface area contributed by atoms with Crippen LogP contribution in [0.2, 0.25) is 0 Å². The van der Waals surface area contributed by atoms with Gasteiger partial charge >= 0.3 is 0 Å². The van der Waals surface area contributed by atoms with E-state index in [1.54, 1.807) is 11.8 Å². The predicted octanol–water partition coefficient (Wildman–Crippen LogP) is 3.60. The summed E-state index contributed by atoms with van der Waals surface area (Å²) in [6.07, 6.45) is 4.88. The molecule has 0 saturated heterocycles. The highest BCUT2D eigenvalue weighted by molar-refractivity contribution is 5.94. The number of tetrazole rings is 1. The van der Waals surface area contributed by atoms with E-state index in [9.17, 15) is 4.79 Å². The smallest absolute Gasteiger partial charge is 0.254 e. The first-order valence-electron chi connectivity index (χ1n) is 9.92. The molecule has 7 nitrogen and oxygen atoms in total. The average Bonchev–Trinajstić information content (AvgIpc) is 3.30. The van der Waals surface area contributed by atoms with Gasteiger partial charge in [-0.15, -0.1) is 5.10 Å². The largest absolute Gasteiger partial charge is 0.497 e. The Bertz CT molecular complexity index is 962. The molecule has 1 heterocycles. The number of amides is 1. The Hall–Kier alpha value is -3.22. The Balaban J connectivity index is 1.76. The molecular weight excluding hydrogens is 366 g/mol. The minimum absolute atomic E-state index is 0.0169. The molecular formula is C22H25N5O2. The van der Waals surface area contributed by atoms with E-state index in [-0.39, 0.29) is 5.91 Å². The van der Waals surface area contributed by atoms with Crippen molar-refractivity contribution in [3.05, 3.63) is 66.0 Å². The van der Waals surface area contributed by atoms with Crippen LogP contribution in [0.1, 0.15) is 48.3 Å². The molecule has 0 N–H and O–H groups in total. The molecule has 1 saturated carbocycles. The molecule has 2 aromatic carbocycles. The predicted molar refractivity (Wildman–Crippen MR) is 109 cm³/mol. The van der Waals surface area contributed by atoms with E-state index in [0.717, 1.165) is 43.5 Å². The number of methoxy groups -OCH3 is 1. The van der Waals surface area contributed by atoms with E-state index in [1.165, 1.54) is 0 Å². The summed E-state index contributed by atoms with van der Waals surface area (Å²) in [6.45, 7) is 0. The molecule has 1 fully saturated rings. The van der Waals surface area contributed by atoms with Gasteiger partial charge in [-0.1, -0.05) is 37.5 Å². The second-order valence-corrected chi connectivity index (χ2v) is 7.43. The average molecular weight is 391 g/mol. The fourth-order valence-electron chi connectivity index (χ4n) is 4.19. The van der Waals surface area contributed by atoms with E-state index in [2.05, 4.69) is 15.5 Å². The first kappa shape index (κ1) is 19.1. The molecule has 1 aromatic heterocycles. The molecule has 3 aromatic rings. The molecule has 1 amide bonds. The van der Waals surface area contributed by atoms with Crippen molar-refractivity contribution in [1.82, 2.24) is 25.1 Å². The van der Waals surface area contributed by atoms with Crippen molar-refractivity contribution in [2.24, 2.45) is 0 Å². The summed E-state index contributed by atoms with van der Waals surface area (Å²) in [5.41, 5.74) is 0.967. The highest BCUT2D eigenvalue weighted by Gasteiger charge is 2.45. The standard InChI is InChI=1S/C22H25N5O2/c1-26(20(28)17-9-5-3-6-10-17)22(15-7-4-8-16-22)21-23-24-25-27(21)18-11-13-19(29-2)14-12-18/h3,5-6,9-14H,4,7-8,15-16H2,1-2H3. The highest BCUT2D eigenvalue weighted by Crippen LogP contribution is 2.41. The van der Waals surface area contributed by atoms with Crippen LogP contribution in [0.25, 0.3) is 5.69 Å². The second-order valence-electron chi connectivity index (χ2n) is 7.43. The van der Waals surface area contributed by atoms with Crippen LogP contribution in [0.3, 0.4) is 0 Å². The van der Waals surface area contributed by atoms with Gasteiger partial charge in [-0.25, -0.2) is 0 Å². The highest BCUT2D eigenvalue weighted by atomic mass is 16.5. The van der Waals surface area contributed by atoms with Crippen molar-refractivity contribution in [3.63, 3.8) is 0 Å². The molecule has 0 bridgehead atoms. The number of rotatable bonds is 5. The Labute approximate surface area is 170 Å². The number of hydrogen-bond donors (Lipinski definition) is 0. The Morgan fingerprint density at radius 2 is 1.72 bits per heavy atom. The second kappa shape index (κ2) is 8.03. The van der Waals surface area contributed by atoms with E-state index < -0.39 is 5.54 Å². The molecule has 0 unspecified atom stereocenters. The lowest BCUT2D eigenvalue weighted by Crippen LogP contribution is -2.50. The summed E-state index contributed by atoms with van der Waals surface area (Å²) < 4.78 is 7.01. The molecule has 29 heavy (non-hydrogen) atoms. The third-order valence-corrected chi connectivity index (χ3v) is 5.85. The topological polar surface area (TPSA) is 73.1 Å². The van der Waals surface area contributed by atoms with Gasteiger partial charge in [0.05, 0.1) is 12.8 Å². The van der Waals surface area contributed by atoms with E-state index >= 15 is 0 Å². The number of aromatic nitrogens is 4. The number of carbonyl (C=O) groups excluding carboxylic acids is 1. The van der Waals surface area contributed by atoms with E-state index in [4.69, 9.17) is 4.74 Å². The molecule has 150 valence electrons. The van der Waals surface area contributed by atoms with Gasteiger partial charge in [0.1, 0.15) is 11.3 Å². The summed E-state index contributed by atoms with van der Waals surface area (Å²) in [7, 11) is 3.51. The monoisotopic (exact) mass is 391 g/mol. The summed E-state index contributed by atoms with van der Waals surface area (Å²) in [6, 6.07) is 17.0. The zero-order valence-corrected chi connectivity index (χ0v) is 16.8. The third-order valence-electron chi connectivity index (χ3n) is 5.85. The van der Waals surface area contributed by atoms with Crippen molar-refractivity contribution in [2.75, 3.05) is 14.2 Å². The van der Waals surface area contributed by atoms with Crippen LogP contribution in [0, 0.1) is 0 Å². The molecule has 0 atom stereocenters. The molecule has 4 rings (SSSR count). The molecule has 1 aliphatic rings. The normalized spacial score (nSPS) is 15.7. The number of benzene rings is 2. The first-order valence-corrected chi connectivity index (χ1v) is 9.92. The SMILES string of the molecule is COc1ccc(-n2nnnc2C2(N(C)C(=O)c3ccccc3)CCCCC2)cc1. The summed E-state index contributed by atoms with van der Waals surface area (Å²) in [4.78, 5) is 15.1. The maximum Gasteiger partial charge on any atom is 0.254 e. The lowest BCUT2D eigenvalue weighted by atomic mass is 9.79. The van der Waals surface area contributed by atoms with Gasteiger partial charge in [0.2, 0.25) is 0 Å².